The van der Waals surface area contributed by atoms with E-state index in [1.807, 2.05) is 6.07 Å². The molecule has 4 heteroatoms. The second kappa shape index (κ2) is 5.47. The molecule has 0 radical (unpaired) electrons. The Labute approximate surface area is 114 Å². The van der Waals surface area contributed by atoms with Crippen molar-refractivity contribution >= 4 is 12.4 Å². The van der Waals surface area contributed by atoms with Crippen LogP contribution in [-0.4, -0.2) is 41.8 Å². The SMILES string of the molecule is CCN1CCO[C@H]2Cc3c(O)cccc3C[C@@H]21.Cl. The van der Waals surface area contributed by atoms with E-state index >= 15 is 0 Å². The lowest BCUT2D eigenvalue weighted by atomic mass is 9.84. The van der Waals surface area contributed by atoms with Crippen LogP contribution in [-0.2, 0) is 17.6 Å². The van der Waals surface area contributed by atoms with Gasteiger partial charge in [-0.2, -0.15) is 0 Å². The number of rotatable bonds is 1. The smallest absolute Gasteiger partial charge is 0.119 e. The first-order chi connectivity index (χ1) is 8.29. The molecule has 1 aromatic carbocycles. The normalized spacial score (nSPS) is 26.9. The summed E-state index contributed by atoms with van der Waals surface area (Å²) in [5.74, 6) is 0.429. The number of ether oxygens (including phenoxy) is 1. The molecule has 1 aromatic rings. The van der Waals surface area contributed by atoms with Crippen molar-refractivity contribution in [2.75, 3.05) is 19.7 Å². The minimum Gasteiger partial charge on any atom is -0.508 e. The first-order valence-electron chi connectivity index (χ1n) is 6.45. The molecule has 0 saturated carbocycles. The summed E-state index contributed by atoms with van der Waals surface area (Å²) in [7, 11) is 0. The predicted octanol–water partition coefficient (Wildman–Crippen LogP) is 2.00. The van der Waals surface area contributed by atoms with Gasteiger partial charge < -0.3 is 9.84 Å². The highest BCUT2D eigenvalue weighted by Crippen LogP contribution is 2.33. The summed E-state index contributed by atoms with van der Waals surface area (Å²) in [6.07, 6.45) is 2.11. The van der Waals surface area contributed by atoms with Crippen molar-refractivity contribution in [2.24, 2.45) is 0 Å². The van der Waals surface area contributed by atoms with Gasteiger partial charge in [0.1, 0.15) is 5.75 Å². The lowest BCUT2D eigenvalue weighted by molar-refractivity contribution is -0.0724. The lowest BCUT2D eigenvalue weighted by Gasteiger charge is -2.44. The Morgan fingerprint density at radius 2 is 2.22 bits per heavy atom. The molecule has 18 heavy (non-hydrogen) atoms. The summed E-state index contributed by atoms with van der Waals surface area (Å²) in [5.41, 5.74) is 2.38. The van der Waals surface area contributed by atoms with Crippen LogP contribution in [0.3, 0.4) is 0 Å². The van der Waals surface area contributed by atoms with E-state index in [0.29, 0.717) is 11.8 Å². The first kappa shape index (κ1) is 13.7. The van der Waals surface area contributed by atoms with Crippen LogP contribution in [0, 0.1) is 0 Å². The summed E-state index contributed by atoms with van der Waals surface area (Å²) in [5, 5.41) is 9.90. The summed E-state index contributed by atoms with van der Waals surface area (Å²) in [6.45, 7) is 5.14. The van der Waals surface area contributed by atoms with Gasteiger partial charge in [-0.15, -0.1) is 12.4 Å². The zero-order valence-electron chi connectivity index (χ0n) is 10.6. The van der Waals surface area contributed by atoms with Gasteiger partial charge in [0.15, 0.2) is 0 Å². The standard InChI is InChI=1S/C14H19NO2.ClH/c1-2-15-6-7-17-14-9-11-10(8-12(14)15)4-3-5-13(11)16;/h3-5,12,14,16H,2,6-9H2,1H3;1H/t12-,14-;/m0./s1. The third-order valence-electron chi connectivity index (χ3n) is 4.10. The molecule has 2 aliphatic rings. The molecule has 3 nitrogen and oxygen atoms in total. The van der Waals surface area contributed by atoms with E-state index in [2.05, 4.69) is 17.9 Å². The van der Waals surface area contributed by atoms with Crippen molar-refractivity contribution in [2.45, 2.75) is 31.9 Å². The summed E-state index contributed by atoms with van der Waals surface area (Å²) < 4.78 is 5.87. The van der Waals surface area contributed by atoms with Gasteiger partial charge in [-0.3, -0.25) is 4.90 Å². The Kier molecular flexibility index (Phi) is 4.15. The first-order valence-corrected chi connectivity index (χ1v) is 6.45. The van der Waals surface area contributed by atoms with Crippen LogP contribution in [0.4, 0.5) is 0 Å². The summed E-state index contributed by atoms with van der Waals surface area (Å²) in [4.78, 5) is 2.50. The topological polar surface area (TPSA) is 32.7 Å². The maximum Gasteiger partial charge on any atom is 0.119 e. The predicted molar refractivity (Wildman–Crippen MR) is 73.5 cm³/mol. The largest absolute Gasteiger partial charge is 0.508 e. The third kappa shape index (κ3) is 2.22. The molecule has 2 atom stereocenters. The Bertz CT molecular complexity index is 424. The molecule has 1 heterocycles. The number of likely N-dealkylation sites (N-methyl/N-ethyl adjacent to an activating group) is 1. The van der Waals surface area contributed by atoms with Crippen molar-refractivity contribution in [3.05, 3.63) is 29.3 Å². The molecule has 0 aromatic heterocycles. The van der Waals surface area contributed by atoms with Gasteiger partial charge in [0.2, 0.25) is 0 Å². The average molecular weight is 270 g/mol. The maximum atomic E-state index is 9.90. The highest BCUT2D eigenvalue weighted by Gasteiger charge is 2.36. The van der Waals surface area contributed by atoms with E-state index in [4.69, 9.17) is 4.74 Å². The highest BCUT2D eigenvalue weighted by atomic mass is 35.5. The van der Waals surface area contributed by atoms with Gasteiger partial charge in [-0.05, 0) is 30.2 Å². The van der Waals surface area contributed by atoms with Crippen LogP contribution in [0.15, 0.2) is 18.2 Å². The number of hydrogen-bond donors (Lipinski definition) is 1. The van der Waals surface area contributed by atoms with Crippen molar-refractivity contribution in [1.29, 1.82) is 0 Å². The van der Waals surface area contributed by atoms with Crippen LogP contribution in [0.5, 0.6) is 5.75 Å². The Morgan fingerprint density at radius 1 is 1.39 bits per heavy atom. The fourth-order valence-electron chi connectivity index (χ4n) is 3.16. The minimum atomic E-state index is 0. The second-order valence-corrected chi connectivity index (χ2v) is 4.93. The van der Waals surface area contributed by atoms with Gasteiger partial charge in [0.25, 0.3) is 0 Å². The molecule has 1 aliphatic carbocycles. The van der Waals surface area contributed by atoms with E-state index in [0.717, 1.165) is 38.1 Å². The van der Waals surface area contributed by atoms with Gasteiger partial charge in [-0.1, -0.05) is 19.1 Å². The second-order valence-electron chi connectivity index (χ2n) is 4.93. The van der Waals surface area contributed by atoms with Crippen LogP contribution in [0.25, 0.3) is 0 Å². The number of hydrogen-bond acceptors (Lipinski definition) is 3. The van der Waals surface area contributed by atoms with E-state index in [9.17, 15) is 5.11 Å². The third-order valence-corrected chi connectivity index (χ3v) is 4.10. The van der Waals surface area contributed by atoms with Crippen LogP contribution < -0.4 is 0 Å². The molecular formula is C14H20ClNO2. The van der Waals surface area contributed by atoms with E-state index in [1.54, 1.807) is 6.07 Å². The number of nitrogens with zero attached hydrogens (tertiary/aromatic N) is 1. The van der Waals surface area contributed by atoms with E-state index in [-0.39, 0.29) is 18.5 Å². The summed E-state index contributed by atoms with van der Waals surface area (Å²) >= 11 is 0. The molecule has 1 aliphatic heterocycles. The highest BCUT2D eigenvalue weighted by molar-refractivity contribution is 5.85. The molecular weight excluding hydrogens is 250 g/mol. The van der Waals surface area contributed by atoms with Crippen molar-refractivity contribution < 1.29 is 9.84 Å². The van der Waals surface area contributed by atoms with E-state index in [1.165, 1.54) is 5.56 Å². The molecule has 1 fully saturated rings. The summed E-state index contributed by atoms with van der Waals surface area (Å²) in [6, 6.07) is 6.34. The monoisotopic (exact) mass is 269 g/mol. The Hall–Kier alpha value is -0.770. The quantitative estimate of drug-likeness (QED) is 0.847. The van der Waals surface area contributed by atoms with Gasteiger partial charge >= 0.3 is 0 Å². The maximum absolute atomic E-state index is 9.90. The number of phenols is 1. The number of phenolic OH excluding ortho intramolecular Hbond substituents is 1. The number of halogens is 1. The van der Waals surface area contributed by atoms with Crippen LogP contribution >= 0.6 is 12.4 Å². The van der Waals surface area contributed by atoms with Crippen molar-refractivity contribution in [1.82, 2.24) is 4.90 Å². The van der Waals surface area contributed by atoms with Crippen LogP contribution in [0.2, 0.25) is 0 Å². The van der Waals surface area contributed by atoms with Crippen molar-refractivity contribution in [3.63, 3.8) is 0 Å². The molecule has 0 bridgehead atoms. The molecule has 100 valence electrons. The zero-order valence-corrected chi connectivity index (χ0v) is 11.4. The fraction of sp³-hybridized carbons (Fsp3) is 0.571. The number of benzene rings is 1. The van der Waals surface area contributed by atoms with E-state index < -0.39 is 0 Å². The van der Waals surface area contributed by atoms with Gasteiger partial charge in [-0.25, -0.2) is 0 Å². The minimum absolute atomic E-state index is 0. The number of morpholine rings is 1. The number of fused-ring (bicyclic) bond motifs is 2. The number of aromatic hydroxyl groups is 1. The zero-order chi connectivity index (χ0) is 11.8. The van der Waals surface area contributed by atoms with Crippen LogP contribution in [0.1, 0.15) is 18.1 Å². The van der Waals surface area contributed by atoms with Gasteiger partial charge in [0, 0.05) is 19.0 Å². The Morgan fingerprint density at radius 3 is 3.00 bits per heavy atom. The molecule has 0 amide bonds. The molecule has 0 spiro atoms. The van der Waals surface area contributed by atoms with Gasteiger partial charge in [0.05, 0.1) is 12.7 Å². The molecule has 1 saturated heterocycles. The molecule has 1 N–H and O–H groups in total. The fourth-order valence-corrected chi connectivity index (χ4v) is 3.16. The van der Waals surface area contributed by atoms with Crippen molar-refractivity contribution in [3.8, 4) is 5.75 Å². The molecule has 0 unspecified atom stereocenters. The Balaban J connectivity index is 0.00000120. The lowest BCUT2D eigenvalue weighted by Crippen LogP contribution is -2.54. The average Bonchev–Trinajstić information content (AvgIpc) is 2.36. The molecule has 3 rings (SSSR count).